The summed E-state index contributed by atoms with van der Waals surface area (Å²) in [6.07, 6.45) is 0. The van der Waals surface area contributed by atoms with Crippen molar-refractivity contribution in [2.45, 2.75) is 34.6 Å². The Kier molecular flexibility index (Phi) is 8.40. The highest BCUT2D eigenvalue weighted by molar-refractivity contribution is 5.56. The molecule has 1 saturated heterocycles. The highest BCUT2D eigenvalue weighted by atomic mass is 19.1. The van der Waals surface area contributed by atoms with Crippen LogP contribution in [0.2, 0.25) is 0 Å². The van der Waals surface area contributed by atoms with Crippen LogP contribution in [0.1, 0.15) is 33.3 Å². The van der Waals surface area contributed by atoms with Crippen molar-refractivity contribution in [3.63, 3.8) is 0 Å². The second-order valence-electron chi connectivity index (χ2n) is 5.17. The fraction of sp³-hybridized carbons (Fsp3) is 0.556. The molecule has 2 heterocycles. The summed E-state index contributed by atoms with van der Waals surface area (Å²) in [5.74, 6) is 0.433. The number of hydrogen-bond acceptors (Lipinski definition) is 5. The fourth-order valence-electron chi connectivity index (χ4n) is 2.25. The Labute approximate surface area is 144 Å². The minimum Gasteiger partial charge on any atom is -0.336 e. The number of piperazine rings is 1. The van der Waals surface area contributed by atoms with E-state index in [1.807, 2.05) is 40.7 Å². The second kappa shape index (κ2) is 10.0. The predicted molar refractivity (Wildman–Crippen MR) is 96.8 cm³/mol. The Morgan fingerprint density at radius 3 is 2.25 bits per heavy atom. The Morgan fingerprint density at radius 1 is 1.04 bits per heavy atom. The molecule has 5 nitrogen and oxygen atoms in total. The first-order valence-electron chi connectivity index (χ1n) is 8.67. The first-order chi connectivity index (χ1) is 11.6. The standard InChI is InChI=1S/C14H17FN4O.2C2H6/c1-10-3-4-11(12(15)9-10)13-16-14(17-20-13)19-7-5-18(2)6-8-19;2*1-2/h3-4,9H,5-8H2,1-2H3;2*1-2H3. The number of rotatable bonds is 2. The van der Waals surface area contributed by atoms with Gasteiger partial charge in [0, 0.05) is 26.2 Å². The largest absolute Gasteiger partial charge is 0.336 e. The molecule has 134 valence electrons. The van der Waals surface area contributed by atoms with Crippen LogP contribution in [-0.2, 0) is 0 Å². The minimum absolute atomic E-state index is 0.233. The van der Waals surface area contributed by atoms with Crippen molar-refractivity contribution in [2.75, 3.05) is 38.1 Å². The van der Waals surface area contributed by atoms with Crippen LogP contribution in [0.25, 0.3) is 11.5 Å². The van der Waals surface area contributed by atoms with Gasteiger partial charge in [0.25, 0.3) is 11.8 Å². The number of benzene rings is 1. The van der Waals surface area contributed by atoms with E-state index in [2.05, 4.69) is 27.0 Å². The lowest BCUT2D eigenvalue weighted by atomic mass is 10.1. The lowest BCUT2D eigenvalue weighted by molar-refractivity contribution is 0.309. The molecule has 1 aliphatic rings. The normalized spacial score (nSPS) is 14.4. The molecule has 1 fully saturated rings. The summed E-state index contributed by atoms with van der Waals surface area (Å²) in [6.45, 7) is 13.5. The maximum Gasteiger partial charge on any atom is 0.266 e. The molecule has 1 aliphatic heterocycles. The van der Waals surface area contributed by atoms with E-state index >= 15 is 0 Å². The van der Waals surface area contributed by atoms with Gasteiger partial charge in [0.15, 0.2) is 0 Å². The van der Waals surface area contributed by atoms with Crippen LogP contribution in [0, 0.1) is 12.7 Å². The van der Waals surface area contributed by atoms with Gasteiger partial charge in [-0.05, 0) is 36.8 Å². The van der Waals surface area contributed by atoms with Gasteiger partial charge >= 0.3 is 0 Å². The van der Waals surface area contributed by atoms with Gasteiger partial charge < -0.3 is 14.3 Å². The fourth-order valence-corrected chi connectivity index (χ4v) is 2.25. The van der Waals surface area contributed by atoms with Crippen LogP contribution in [-0.4, -0.2) is 48.3 Å². The molecule has 0 N–H and O–H groups in total. The Morgan fingerprint density at radius 2 is 1.67 bits per heavy atom. The Hall–Kier alpha value is -1.95. The first kappa shape index (κ1) is 20.1. The van der Waals surface area contributed by atoms with Crippen molar-refractivity contribution in [2.24, 2.45) is 0 Å². The summed E-state index contributed by atoms with van der Waals surface area (Å²) in [5, 5.41) is 3.96. The third kappa shape index (κ3) is 5.03. The topological polar surface area (TPSA) is 45.4 Å². The van der Waals surface area contributed by atoms with E-state index in [0.29, 0.717) is 11.5 Å². The zero-order valence-electron chi connectivity index (χ0n) is 15.6. The zero-order chi connectivity index (χ0) is 18.1. The average Bonchev–Trinajstić information content (AvgIpc) is 3.09. The van der Waals surface area contributed by atoms with Gasteiger partial charge in [0.05, 0.1) is 5.56 Å². The third-order valence-electron chi connectivity index (χ3n) is 3.56. The van der Waals surface area contributed by atoms with Gasteiger partial charge in [0.1, 0.15) is 5.82 Å². The molecule has 0 radical (unpaired) electrons. The predicted octanol–water partition coefficient (Wildman–Crippen LogP) is 3.99. The number of aromatic nitrogens is 2. The summed E-state index contributed by atoms with van der Waals surface area (Å²) >= 11 is 0. The minimum atomic E-state index is -0.335. The maximum atomic E-state index is 13.9. The van der Waals surface area contributed by atoms with Crippen LogP contribution in [0.5, 0.6) is 0 Å². The molecule has 0 amide bonds. The number of nitrogens with zero attached hydrogens (tertiary/aromatic N) is 4. The van der Waals surface area contributed by atoms with Crippen molar-refractivity contribution in [1.29, 1.82) is 0 Å². The Bertz CT molecular complexity index is 607. The van der Waals surface area contributed by atoms with Crippen molar-refractivity contribution in [3.05, 3.63) is 29.6 Å². The van der Waals surface area contributed by atoms with Crippen molar-refractivity contribution in [3.8, 4) is 11.5 Å². The number of likely N-dealkylation sites (N-methyl/N-ethyl adjacent to an activating group) is 1. The van der Waals surface area contributed by atoms with E-state index in [0.717, 1.165) is 31.7 Å². The summed E-state index contributed by atoms with van der Waals surface area (Å²) in [6, 6.07) is 4.97. The number of hydrogen-bond donors (Lipinski definition) is 0. The first-order valence-corrected chi connectivity index (χ1v) is 8.67. The van der Waals surface area contributed by atoms with Crippen molar-refractivity contribution in [1.82, 2.24) is 15.0 Å². The molecule has 0 unspecified atom stereocenters. The monoisotopic (exact) mass is 336 g/mol. The molecular formula is C18H29FN4O. The van der Waals surface area contributed by atoms with E-state index in [9.17, 15) is 4.39 Å². The van der Waals surface area contributed by atoms with Crippen LogP contribution in [0.4, 0.5) is 10.3 Å². The summed E-state index contributed by atoms with van der Waals surface area (Å²) < 4.78 is 19.1. The van der Waals surface area contributed by atoms with Crippen molar-refractivity contribution >= 4 is 5.95 Å². The molecule has 1 aromatic heterocycles. The molecule has 6 heteroatoms. The SMILES string of the molecule is CC.CC.Cc1ccc(-c2nc(N3CCN(C)CC3)no2)c(F)c1. The quantitative estimate of drug-likeness (QED) is 0.830. The molecule has 0 bridgehead atoms. The molecule has 0 atom stereocenters. The lowest BCUT2D eigenvalue weighted by Crippen LogP contribution is -2.44. The molecule has 0 saturated carbocycles. The summed E-state index contributed by atoms with van der Waals surface area (Å²) in [4.78, 5) is 8.61. The van der Waals surface area contributed by atoms with Crippen LogP contribution < -0.4 is 4.90 Å². The summed E-state index contributed by atoms with van der Waals surface area (Å²) in [5.41, 5.74) is 1.22. The van der Waals surface area contributed by atoms with E-state index < -0.39 is 0 Å². The van der Waals surface area contributed by atoms with Crippen LogP contribution in [0.3, 0.4) is 0 Å². The van der Waals surface area contributed by atoms with E-state index in [-0.39, 0.29) is 11.7 Å². The van der Waals surface area contributed by atoms with Gasteiger partial charge in [-0.2, -0.15) is 4.98 Å². The van der Waals surface area contributed by atoms with Gasteiger partial charge in [0.2, 0.25) is 0 Å². The molecule has 2 aromatic rings. The third-order valence-corrected chi connectivity index (χ3v) is 3.56. The number of halogens is 1. The molecule has 24 heavy (non-hydrogen) atoms. The van der Waals surface area contributed by atoms with Gasteiger partial charge in [-0.15, -0.1) is 0 Å². The molecule has 0 spiro atoms. The zero-order valence-corrected chi connectivity index (χ0v) is 15.6. The van der Waals surface area contributed by atoms with E-state index in [4.69, 9.17) is 4.52 Å². The van der Waals surface area contributed by atoms with Gasteiger partial charge in [-0.25, -0.2) is 4.39 Å². The molecule has 3 rings (SSSR count). The Balaban J connectivity index is 0.000000671. The van der Waals surface area contributed by atoms with Gasteiger partial charge in [-0.1, -0.05) is 33.8 Å². The van der Waals surface area contributed by atoms with Crippen LogP contribution >= 0.6 is 0 Å². The molecule has 0 aliphatic carbocycles. The maximum absolute atomic E-state index is 13.9. The van der Waals surface area contributed by atoms with E-state index in [1.54, 1.807) is 6.07 Å². The molecular weight excluding hydrogens is 307 g/mol. The second-order valence-corrected chi connectivity index (χ2v) is 5.17. The smallest absolute Gasteiger partial charge is 0.266 e. The van der Waals surface area contributed by atoms with E-state index in [1.165, 1.54) is 6.07 Å². The average molecular weight is 336 g/mol. The van der Waals surface area contributed by atoms with Crippen LogP contribution in [0.15, 0.2) is 22.7 Å². The highest BCUT2D eigenvalue weighted by Gasteiger charge is 2.20. The molecule has 1 aromatic carbocycles. The number of aryl methyl sites for hydroxylation is 1. The van der Waals surface area contributed by atoms with Gasteiger partial charge in [-0.3, -0.25) is 0 Å². The number of anilines is 1. The van der Waals surface area contributed by atoms with Crippen molar-refractivity contribution < 1.29 is 8.91 Å². The lowest BCUT2D eigenvalue weighted by Gasteiger charge is -2.31. The summed E-state index contributed by atoms with van der Waals surface area (Å²) in [7, 11) is 2.08. The highest BCUT2D eigenvalue weighted by Crippen LogP contribution is 2.24.